The van der Waals surface area contributed by atoms with E-state index in [0.717, 1.165) is 24.2 Å². The van der Waals surface area contributed by atoms with Crippen LogP contribution >= 0.6 is 0 Å². The van der Waals surface area contributed by atoms with E-state index in [0.29, 0.717) is 11.5 Å². The Hall–Kier alpha value is -1.36. The molecule has 1 atom stereocenters. The van der Waals surface area contributed by atoms with E-state index in [-0.39, 0.29) is 5.92 Å². The minimum absolute atomic E-state index is 0.237. The van der Waals surface area contributed by atoms with Crippen molar-refractivity contribution in [2.45, 2.75) is 19.8 Å². The molecule has 5 heteroatoms. The summed E-state index contributed by atoms with van der Waals surface area (Å²) in [6.45, 7) is 2.04. The summed E-state index contributed by atoms with van der Waals surface area (Å²) >= 11 is 0. The predicted octanol–water partition coefficient (Wildman–Crippen LogP) is 1.62. The molecule has 3 rings (SSSR count). The molecule has 0 N–H and O–H groups in total. The zero-order chi connectivity index (χ0) is 12.8. The molecule has 0 amide bonds. The summed E-state index contributed by atoms with van der Waals surface area (Å²) in [5.74, 6) is 0.894. The molecule has 1 unspecified atom stereocenters. The second-order valence-corrected chi connectivity index (χ2v) is 7.40. The van der Waals surface area contributed by atoms with Gasteiger partial charge in [0.1, 0.15) is 5.65 Å². The van der Waals surface area contributed by atoms with E-state index in [1.807, 2.05) is 35.9 Å². The number of imidazole rings is 1. The monoisotopic (exact) mass is 264 g/mol. The number of hydrogen-bond donors (Lipinski definition) is 0. The first-order valence-electron chi connectivity index (χ1n) is 6.16. The summed E-state index contributed by atoms with van der Waals surface area (Å²) in [7, 11) is -2.79. The zero-order valence-electron chi connectivity index (χ0n) is 10.3. The summed E-state index contributed by atoms with van der Waals surface area (Å²) in [5, 5.41) is 0. The number of pyridine rings is 1. The summed E-state index contributed by atoms with van der Waals surface area (Å²) < 4.78 is 24.8. The summed E-state index contributed by atoms with van der Waals surface area (Å²) in [6, 6.07) is 4.08. The van der Waals surface area contributed by atoms with Crippen molar-refractivity contribution in [1.29, 1.82) is 0 Å². The quantitative estimate of drug-likeness (QED) is 0.828. The highest BCUT2D eigenvalue weighted by Gasteiger charge is 2.28. The van der Waals surface area contributed by atoms with E-state index >= 15 is 0 Å². The Kier molecular flexibility index (Phi) is 2.66. The number of aryl methyl sites for hydroxylation is 1. The molecule has 1 aliphatic rings. The first kappa shape index (κ1) is 11.7. The van der Waals surface area contributed by atoms with E-state index in [2.05, 4.69) is 4.98 Å². The Morgan fingerprint density at radius 3 is 3.06 bits per heavy atom. The third-order valence-corrected chi connectivity index (χ3v) is 5.33. The zero-order valence-corrected chi connectivity index (χ0v) is 11.2. The highest BCUT2D eigenvalue weighted by molar-refractivity contribution is 7.91. The van der Waals surface area contributed by atoms with Crippen LogP contribution in [-0.2, 0) is 16.3 Å². The van der Waals surface area contributed by atoms with Crippen molar-refractivity contribution >= 4 is 15.5 Å². The van der Waals surface area contributed by atoms with Crippen LogP contribution in [0.25, 0.3) is 5.65 Å². The lowest BCUT2D eigenvalue weighted by Crippen LogP contribution is -2.07. The van der Waals surface area contributed by atoms with Gasteiger partial charge in [0, 0.05) is 12.4 Å². The lowest BCUT2D eigenvalue weighted by atomic mass is 10.0. The molecule has 0 radical (unpaired) electrons. The average molecular weight is 264 g/mol. The normalized spacial score (nSPS) is 22.6. The van der Waals surface area contributed by atoms with Crippen LogP contribution in [0.2, 0.25) is 0 Å². The van der Waals surface area contributed by atoms with Crippen LogP contribution in [0, 0.1) is 12.8 Å². The number of sulfone groups is 1. The lowest BCUT2D eigenvalue weighted by molar-refractivity contribution is 0.578. The van der Waals surface area contributed by atoms with Crippen LogP contribution in [0.3, 0.4) is 0 Å². The van der Waals surface area contributed by atoms with E-state index < -0.39 is 9.84 Å². The van der Waals surface area contributed by atoms with E-state index in [1.165, 1.54) is 5.56 Å². The number of nitrogens with zero attached hydrogens (tertiary/aromatic N) is 2. The maximum Gasteiger partial charge on any atom is 0.150 e. The second kappa shape index (κ2) is 4.09. The fourth-order valence-electron chi connectivity index (χ4n) is 2.56. The molecule has 0 saturated carbocycles. The van der Waals surface area contributed by atoms with Gasteiger partial charge in [-0.15, -0.1) is 0 Å². The molecule has 0 spiro atoms. The Labute approximate surface area is 107 Å². The SMILES string of the molecule is Cc1ccn2cc(CC3CCS(=O)(=O)C3)nc2c1. The Bertz CT molecular complexity index is 688. The Morgan fingerprint density at radius 2 is 2.33 bits per heavy atom. The molecule has 1 saturated heterocycles. The Balaban J connectivity index is 1.83. The van der Waals surface area contributed by atoms with Crippen LogP contribution < -0.4 is 0 Å². The van der Waals surface area contributed by atoms with Crippen LogP contribution in [-0.4, -0.2) is 29.3 Å². The van der Waals surface area contributed by atoms with Gasteiger partial charge in [-0.25, -0.2) is 13.4 Å². The van der Waals surface area contributed by atoms with Gasteiger partial charge in [0.2, 0.25) is 0 Å². The van der Waals surface area contributed by atoms with Gasteiger partial charge in [0.05, 0.1) is 17.2 Å². The van der Waals surface area contributed by atoms with Crippen molar-refractivity contribution in [3.8, 4) is 0 Å². The van der Waals surface area contributed by atoms with Crippen molar-refractivity contribution < 1.29 is 8.42 Å². The van der Waals surface area contributed by atoms with Crippen molar-refractivity contribution in [3.63, 3.8) is 0 Å². The van der Waals surface area contributed by atoms with Gasteiger partial charge in [0.15, 0.2) is 9.84 Å². The number of hydrogen-bond acceptors (Lipinski definition) is 3. The first-order chi connectivity index (χ1) is 8.52. The molecule has 0 bridgehead atoms. The topological polar surface area (TPSA) is 51.4 Å². The van der Waals surface area contributed by atoms with E-state index in [1.54, 1.807) is 0 Å². The van der Waals surface area contributed by atoms with Crippen LogP contribution in [0.1, 0.15) is 17.7 Å². The van der Waals surface area contributed by atoms with E-state index in [4.69, 9.17) is 0 Å². The number of aromatic nitrogens is 2. The summed E-state index contributed by atoms with van der Waals surface area (Å²) in [5.41, 5.74) is 3.11. The fourth-order valence-corrected chi connectivity index (χ4v) is 4.43. The van der Waals surface area contributed by atoms with Gasteiger partial charge in [-0.2, -0.15) is 0 Å². The van der Waals surface area contributed by atoms with Gasteiger partial charge in [-0.3, -0.25) is 0 Å². The molecule has 96 valence electrons. The molecule has 1 aliphatic heterocycles. The first-order valence-corrected chi connectivity index (χ1v) is 7.99. The minimum Gasteiger partial charge on any atom is -0.307 e. The molecule has 0 aromatic carbocycles. The van der Waals surface area contributed by atoms with Gasteiger partial charge >= 0.3 is 0 Å². The maximum absolute atomic E-state index is 11.4. The van der Waals surface area contributed by atoms with Crippen LogP contribution in [0.15, 0.2) is 24.5 Å². The smallest absolute Gasteiger partial charge is 0.150 e. The summed E-state index contributed by atoms with van der Waals surface area (Å²) in [6.07, 6.45) is 5.53. The van der Waals surface area contributed by atoms with Gasteiger partial charge in [-0.1, -0.05) is 0 Å². The third kappa shape index (κ3) is 2.27. The molecule has 0 aliphatic carbocycles. The molecule has 2 aromatic heterocycles. The molecule has 18 heavy (non-hydrogen) atoms. The van der Waals surface area contributed by atoms with Crippen LogP contribution in [0.4, 0.5) is 0 Å². The Morgan fingerprint density at radius 1 is 1.50 bits per heavy atom. The highest BCUT2D eigenvalue weighted by atomic mass is 32.2. The molecule has 4 nitrogen and oxygen atoms in total. The maximum atomic E-state index is 11.4. The van der Waals surface area contributed by atoms with Crippen molar-refractivity contribution in [1.82, 2.24) is 9.38 Å². The molecular weight excluding hydrogens is 248 g/mol. The minimum atomic E-state index is -2.79. The van der Waals surface area contributed by atoms with Gasteiger partial charge in [-0.05, 0) is 43.4 Å². The summed E-state index contributed by atoms with van der Waals surface area (Å²) in [4.78, 5) is 4.55. The van der Waals surface area contributed by atoms with E-state index in [9.17, 15) is 8.42 Å². The van der Waals surface area contributed by atoms with Crippen LogP contribution in [0.5, 0.6) is 0 Å². The van der Waals surface area contributed by atoms with Crippen molar-refractivity contribution in [2.24, 2.45) is 5.92 Å². The lowest BCUT2D eigenvalue weighted by Gasteiger charge is -2.03. The highest BCUT2D eigenvalue weighted by Crippen LogP contribution is 2.22. The van der Waals surface area contributed by atoms with Gasteiger partial charge in [0.25, 0.3) is 0 Å². The fraction of sp³-hybridized carbons (Fsp3) is 0.462. The van der Waals surface area contributed by atoms with Crippen molar-refractivity contribution in [2.75, 3.05) is 11.5 Å². The number of rotatable bonds is 2. The number of fused-ring (bicyclic) bond motifs is 1. The largest absolute Gasteiger partial charge is 0.307 e. The molecule has 1 fully saturated rings. The van der Waals surface area contributed by atoms with Crippen molar-refractivity contribution in [3.05, 3.63) is 35.8 Å². The molecular formula is C13H16N2O2S. The predicted molar refractivity (Wildman–Crippen MR) is 70.4 cm³/mol. The standard InChI is InChI=1S/C13H16N2O2S/c1-10-2-4-15-8-12(14-13(15)6-10)7-11-3-5-18(16,17)9-11/h2,4,6,8,11H,3,5,7,9H2,1H3. The third-order valence-electron chi connectivity index (χ3n) is 3.49. The average Bonchev–Trinajstić information content (AvgIpc) is 2.81. The second-order valence-electron chi connectivity index (χ2n) is 5.17. The molecule has 3 heterocycles. The van der Waals surface area contributed by atoms with Gasteiger partial charge < -0.3 is 4.40 Å². The molecule has 2 aromatic rings.